The van der Waals surface area contributed by atoms with Gasteiger partial charge in [0.15, 0.2) is 0 Å². The van der Waals surface area contributed by atoms with Gasteiger partial charge in [0.25, 0.3) is 0 Å². The van der Waals surface area contributed by atoms with Crippen molar-refractivity contribution in [3.05, 3.63) is 107 Å². The molecular weight excluding hydrogens is 427 g/mol. The van der Waals surface area contributed by atoms with E-state index in [-0.39, 0.29) is 17.5 Å². The van der Waals surface area contributed by atoms with Gasteiger partial charge in [-0.1, -0.05) is 42.5 Å². The van der Waals surface area contributed by atoms with E-state index in [0.717, 1.165) is 24.3 Å². The van der Waals surface area contributed by atoms with Gasteiger partial charge in [-0.2, -0.15) is 18.4 Å². The van der Waals surface area contributed by atoms with Crippen molar-refractivity contribution in [3.8, 4) is 6.07 Å². The second-order valence-corrected chi connectivity index (χ2v) is 7.18. The van der Waals surface area contributed by atoms with Gasteiger partial charge in [0, 0.05) is 6.42 Å². The van der Waals surface area contributed by atoms with Crippen LogP contribution >= 0.6 is 0 Å². The van der Waals surface area contributed by atoms with Crippen molar-refractivity contribution in [2.45, 2.75) is 24.6 Å². The van der Waals surface area contributed by atoms with Crippen LogP contribution in [0.25, 0.3) is 0 Å². The summed E-state index contributed by atoms with van der Waals surface area (Å²) in [5.41, 5.74) is -2.28. The number of carbonyl (C=O) groups is 1. The summed E-state index contributed by atoms with van der Waals surface area (Å²) in [5, 5.41) is 11.5. The van der Waals surface area contributed by atoms with Crippen LogP contribution in [0.1, 0.15) is 28.7 Å². The van der Waals surface area contributed by atoms with Gasteiger partial charge in [0.05, 0.1) is 17.2 Å². The number of nitriles is 1. The highest BCUT2D eigenvalue weighted by Crippen LogP contribution is 2.38. The molecule has 164 valence electrons. The number of hydrogen-bond acceptors (Lipinski definition) is 2. The Labute approximate surface area is 181 Å². The zero-order valence-electron chi connectivity index (χ0n) is 16.6. The van der Waals surface area contributed by atoms with Crippen molar-refractivity contribution in [2.75, 3.05) is 0 Å². The predicted molar refractivity (Wildman–Crippen MR) is 107 cm³/mol. The Kier molecular flexibility index (Phi) is 6.58. The lowest BCUT2D eigenvalue weighted by molar-refractivity contribution is -0.137. The van der Waals surface area contributed by atoms with Gasteiger partial charge in [-0.05, 0) is 47.0 Å². The van der Waals surface area contributed by atoms with Crippen LogP contribution < -0.4 is 5.32 Å². The first-order chi connectivity index (χ1) is 15.1. The molecular formula is C24H17F5N2O. The standard InChI is InChI=1S/C24H17F5N2O/c25-20-8-6-17(7-9-20)23(31-22(32)10-11-30,15-16-4-2-1-3-5-16)18-12-19(24(27,28)29)14-21(26)13-18/h1-9,12-14H,10,15H2,(H,31,32). The highest BCUT2D eigenvalue weighted by molar-refractivity contribution is 5.80. The number of halogens is 5. The summed E-state index contributed by atoms with van der Waals surface area (Å²) in [5.74, 6) is -2.52. The molecule has 0 fully saturated rings. The lowest BCUT2D eigenvalue weighted by Crippen LogP contribution is -2.48. The topological polar surface area (TPSA) is 52.9 Å². The summed E-state index contributed by atoms with van der Waals surface area (Å²) in [6.45, 7) is 0. The lowest BCUT2D eigenvalue weighted by atomic mass is 9.77. The van der Waals surface area contributed by atoms with Crippen molar-refractivity contribution < 1.29 is 26.7 Å². The number of amides is 1. The molecule has 0 aromatic heterocycles. The lowest BCUT2D eigenvalue weighted by Gasteiger charge is -2.37. The van der Waals surface area contributed by atoms with Crippen molar-refractivity contribution >= 4 is 5.91 Å². The summed E-state index contributed by atoms with van der Waals surface area (Å²) in [4.78, 5) is 12.5. The second-order valence-electron chi connectivity index (χ2n) is 7.18. The maximum absolute atomic E-state index is 14.4. The number of rotatable bonds is 6. The highest BCUT2D eigenvalue weighted by atomic mass is 19.4. The molecule has 3 rings (SSSR count). The fourth-order valence-corrected chi connectivity index (χ4v) is 3.55. The maximum atomic E-state index is 14.4. The molecule has 0 aliphatic carbocycles. The Hall–Kier alpha value is -3.73. The minimum absolute atomic E-state index is 0.0720. The van der Waals surface area contributed by atoms with Crippen LogP contribution in [-0.4, -0.2) is 5.91 Å². The number of carbonyl (C=O) groups excluding carboxylic acids is 1. The van der Waals surface area contributed by atoms with E-state index in [1.54, 1.807) is 36.4 Å². The third-order valence-electron chi connectivity index (χ3n) is 4.96. The zero-order valence-corrected chi connectivity index (χ0v) is 16.6. The smallest absolute Gasteiger partial charge is 0.341 e. The minimum atomic E-state index is -4.84. The van der Waals surface area contributed by atoms with E-state index < -0.39 is 41.2 Å². The van der Waals surface area contributed by atoms with Crippen molar-refractivity contribution in [3.63, 3.8) is 0 Å². The van der Waals surface area contributed by atoms with Crippen molar-refractivity contribution in [1.82, 2.24) is 5.32 Å². The van der Waals surface area contributed by atoms with E-state index >= 15 is 0 Å². The normalized spacial score (nSPS) is 13.1. The van der Waals surface area contributed by atoms with E-state index in [0.29, 0.717) is 11.6 Å². The number of alkyl halides is 3. The number of benzene rings is 3. The van der Waals surface area contributed by atoms with Gasteiger partial charge in [0.1, 0.15) is 18.1 Å². The Morgan fingerprint density at radius 2 is 1.47 bits per heavy atom. The molecule has 1 unspecified atom stereocenters. The quantitative estimate of drug-likeness (QED) is 0.511. The third kappa shape index (κ3) is 5.11. The second kappa shape index (κ2) is 9.18. The molecule has 0 saturated carbocycles. The fraction of sp³-hybridized carbons (Fsp3) is 0.167. The molecule has 32 heavy (non-hydrogen) atoms. The van der Waals surface area contributed by atoms with Gasteiger partial charge < -0.3 is 5.32 Å². The van der Waals surface area contributed by atoms with Gasteiger partial charge in [0.2, 0.25) is 5.91 Å². The molecule has 0 heterocycles. The molecule has 0 aliphatic rings. The van der Waals surface area contributed by atoms with Crippen LogP contribution in [0.3, 0.4) is 0 Å². The zero-order chi connectivity index (χ0) is 23.4. The molecule has 0 radical (unpaired) electrons. The molecule has 0 spiro atoms. The molecule has 3 nitrogen and oxygen atoms in total. The summed E-state index contributed by atoms with van der Waals surface area (Å²) in [6.07, 6.45) is -5.48. The Morgan fingerprint density at radius 1 is 0.844 bits per heavy atom. The molecule has 0 saturated heterocycles. The van der Waals surface area contributed by atoms with Crippen molar-refractivity contribution in [2.24, 2.45) is 0 Å². The first-order valence-corrected chi connectivity index (χ1v) is 9.50. The van der Waals surface area contributed by atoms with Gasteiger partial charge in [-0.3, -0.25) is 4.79 Å². The van der Waals surface area contributed by atoms with E-state index in [1.807, 2.05) is 0 Å². The molecule has 0 bridgehead atoms. The van der Waals surface area contributed by atoms with Crippen LogP contribution in [0.4, 0.5) is 22.0 Å². The van der Waals surface area contributed by atoms with Gasteiger partial charge in [-0.15, -0.1) is 0 Å². The molecule has 3 aromatic carbocycles. The molecule has 1 amide bonds. The average Bonchev–Trinajstić information content (AvgIpc) is 2.73. The van der Waals surface area contributed by atoms with Gasteiger partial charge >= 0.3 is 6.18 Å². The van der Waals surface area contributed by atoms with E-state index in [1.165, 1.54) is 12.1 Å². The molecule has 1 atom stereocenters. The van der Waals surface area contributed by atoms with Crippen molar-refractivity contribution in [1.29, 1.82) is 5.26 Å². The largest absolute Gasteiger partial charge is 0.416 e. The van der Waals surface area contributed by atoms with Crippen LogP contribution in [0.5, 0.6) is 0 Å². The number of nitrogens with one attached hydrogen (secondary N) is 1. The van der Waals surface area contributed by atoms with Crippen LogP contribution in [0.15, 0.2) is 72.8 Å². The van der Waals surface area contributed by atoms with Crippen LogP contribution in [-0.2, 0) is 22.9 Å². The van der Waals surface area contributed by atoms with E-state index in [2.05, 4.69) is 5.32 Å². The maximum Gasteiger partial charge on any atom is 0.416 e. The molecule has 0 aliphatic heterocycles. The molecule has 8 heteroatoms. The van der Waals surface area contributed by atoms with Gasteiger partial charge in [-0.25, -0.2) is 8.78 Å². The molecule has 3 aromatic rings. The predicted octanol–water partition coefficient (Wildman–Crippen LogP) is 5.50. The average molecular weight is 444 g/mol. The monoisotopic (exact) mass is 444 g/mol. The Balaban J connectivity index is 2.31. The third-order valence-corrected chi connectivity index (χ3v) is 4.96. The molecule has 1 N–H and O–H groups in total. The fourth-order valence-electron chi connectivity index (χ4n) is 3.55. The summed E-state index contributed by atoms with van der Waals surface area (Å²) >= 11 is 0. The Bertz CT molecular complexity index is 1140. The SMILES string of the molecule is N#CCC(=O)NC(Cc1ccccc1)(c1ccc(F)cc1)c1cc(F)cc(C(F)(F)F)c1. The Morgan fingerprint density at radius 3 is 2.06 bits per heavy atom. The number of hydrogen-bond donors (Lipinski definition) is 1. The van der Waals surface area contributed by atoms with E-state index in [9.17, 15) is 26.7 Å². The first-order valence-electron chi connectivity index (χ1n) is 9.50. The minimum Gasteiger partial charge on any atom is -0.341 e. The van der Waals surface area contributed by atoms with E-state index in [4.69, 9.17) is 5.26 Å². The summed E-state index contributed by atoms with van der Waals surface area (Å²) < 4.78 is 68.4. The summed E-state index contributed by atoms with van der Waals surface area (Å²) in [6, 6.07) is 17.0. The summed E-state index contributed by atoms with van der Waals surface area (Å²) in [7, 11) is 0. The highest BCUT2D eigenvalue weighted by Gasteiger charge is 2.39. The van der Waals surface area contributed by atoms with Crippen LogP contribution in [0.2, 0.25) is 0 Å². The first kappa shape index (κ1) is 22.9. The van der Waals surface area contributed by atoms with Crippen LogP contribution in [0, 0.1) is 23.0 Å². The number of nitrogens with zero attached hydrogens (tertiary/aromatic N) is 1.